The van der Waals surface area contributed by atoms with Crippen molar-refractivity contribution >= 4 is 17.7 Å². The number of hydrogen-bond acceptors (Lipinski definition) is 8. The van der Waals surface area contributed by atoms with Gasteiger partial charge in [-0.2, -0.15) is 0 Å². The van der Waals surface area contributed by atoms with E-state index in [1.165, 1.54) is 18.4 Å². The molecule has 1 atom stereocenters. The molecule has 1 saturated carbocycles. The molecule has 9 nitrogen and oxygen atoms in total. The third kappa shape index (κ3) is 8.39. The summed E-state index contributed by atoms with van der Waals surface area (Å²) in [6.07, 6.45) is 11.6. The third-order valence-electron chi connectivity index (χ3n) is 7.58. The van der Waals surface area contributed by atoms with E-state index in [9.17, 15) is 9.90 Å². The van der Waals surface area contributed by atoms with Gasteiger partial charge in [0.15, 0.2) is 0 Å². The quantitative estimate of drug-likeness (QED) is 0.220. The third-order valence-corrected chi connectivity index (χ3v) is 7.58. The summed E-state index contributed by atoms with van der Waals surface area (Å²) in [6.45, 7) is 3.74. The van der Waals surface area contributed by atoms with Gasteiger partial charge in [0.1, 0.15) is 24.2 Å². The number of ether oxygens (including phenoxy) is 1. The van der Waals surface area contributed by atoms with E-state index in [1.54, 1.807) is 0 Å². The lowest BCUT2D eigenvalue weighted by atomic mass is 10.1. The maximum absolute atomic E-state index is 12.0. The van der Waals surface area contributed by atoms with Crippen molar-refractivity contribution in [2.75, 3.05) is 43.4 Å². The molecule has 3 aromatic rings. The lowest BCUT2D eigenvalue weighted by Crippen LogP contribution is -2.37. The fourth-order valence-corrected chi connectivity index (χ4v) is 5.06. The number of carbonyl (C=O) groups is 1. The number of rotatable bonds is 16. The molecular weight excluding hydrogens is 504 g/mol. The molecule has 5 rings (SSSR count). The lowest BCUT2D eigenvalue weighted by molar-refractivity contribution is -0.138. The Bertz CT molecular complexity index is 1220. The smallest absolute Gasteiger partial charge is 0.326 e. The van der Waals surface area contributed by atoms with Crippen LogP contribution in [0.2, 0.25) is 0 Å². The summed E-state index contributed by atoms with van der Waals surface area (Å²) in [6, 6.07) is 13.4. The maximum atomic E-state index is 12.0. The molecule has 0 radical (unpaired) electrons. The van der Waals surface area contributed by atoms with Gasteiger partial charge in [-0.3, -0.25) is 4.90 Å². The molecule has 3 N–H and O–H groups in total. The van der Waals surface area contributed by atoms with Gasteiger partial charge in [-0.25, -0.2) is 19.7 Å². The van der Waals surface area contributed by atoms with Crippen molar-refractivity contribution in [1.82, 2.24) is 19.9 Å². The number of aliphatic carboxylic acids is 1. The molecule has 1 aliphatic heterocycles. The number of aromatic nitrogens is 3. The number of carboxylic acids is 1. The van der Waals surface area contributed by atoms with Crippen LogP contribution in [0.1, 0.15) is 61.3 Å². The SMILES string of the molecule is O=C(O)[C@H](CCN(CCCCc1ccc2c(n1)NCCC2)CCOc1ccccc1)Nc1ncc(C2CC2)cn1. The summed E-state index contributed by atoms with van der Waals surface area (Å²) < 4.78 is 5.94. The van der Waals surface area contributed by atoms with Gasteiger partial charge in [0.05, 0.1) is 0 Å². The molecule has 2 aliphatic rings. The highest BCUT2D eigenvalue weighted by atomic mass is 16.5. The number of hydrogen-bond donors (Lipinski definition) is 3. The maximum Gasteiger partial charge on any atom is 0.326 e. The molecule has 0 amide bonds. The van der Waals surface area contributed by atoms with E-state index in [0.29, 0.717) is 31.4 Å². The summed E-state index contributed by atoms with van der Waals surface area (Å²) >= 11 is 0. The molecule has 1 aromatic carbocycles. The molecule has 0 unspecified atom stereocenters. The minimum Gasteiger partial charge on any atom is -0.492 e. The van der Waals surface area contributed by atoms with Crippen LogP contribution >= 0.6 is 0 Å². The molecule has 0 saturated heterocycles. The number of anilines is 2. The highest BCUT2D eigenvalue weighted by Gasteiger charge is 2.25. The van der Waals surface area contributed by atoms with Crippen LogP contribution in [0, 0.1) is 0 Å². The normalized spacial score (nSPS) is 15.2. The monoisotopic (exact) mass is 544 g/mol. The molecule has 0 bridgehead atoms. The number of aryl methyl sites for hydroxylation is 2. The highest BCUT2D eigenvalue weighted by Crippen LogP contribution is 2.39. The minimum absolute atomic E-state index is 0.364. The van der Waals surface area contributed by atoms with E-state index in [2.05, 4.69) is 37.6 Å². The fraction of sp³-hybridized carbons (Fsp3) is 0.484. The van der Waals surface area contributed by atoms with Crippen molar-refractivity contribution in [2.24, 2.45) is 0 Å². The van der Waals surface area contributed by atoms with Crippen LogP contribution in [0.15, 0.2) is 54.9 Å². The van der Waals surface area contributed by atoms with Crippen LogP contribution in [0.5, 0.6) is 5.75 Å². The van der Waals surface area contributed by atoms with Crippen molar-refractivity contribution in [3.8, 4) is 5.75 Å². The summed E-state index contributed by atoms with van der Waals surface area (Å²) in [4.78, 5) is 27.9. The van der Waals surface area contributed by atoms with Crippen LogP contribution in [-0.2, 0) is 17.6 Å². The molecule has 1 fully saturated rings. The van der Waals surface area contributed by atoms with Crippen LogP contribution in [0.4, 0.5) is 11.8 Å². The van der Waals surface area contributed by atoms with Gasteiger partial charge in [0, 0.05) is 37.7 Å². The van der Waals surface area contributed by atoms with Crippen molar-refractivity contribution in [1.29, 1.82) is 0 Å². The number of benzene rings is 1. The predicted octanol–water partition coefficient (Wildman–Crippen LogP) is 4.77. The first-order valence-corrected chi connectivity index (χ1v) is 14.6. The van der Waals surface area contributed by atoms with Crippen molar-refractivity contribution < 1.29 is 14.6 Å². The first-order chi connectivity index (χ1) is 19.6. The zero-order valence-corrected chi connectivity index (χ0v) is 23.1. The van der Waals surface area contributed by atoms with Crippen molar-refractivity contribution in [3.63, 3.8) is 0 Å². The van der Waals surface area contributed by atoms with Crippen LogP contribution in [0.25, 0.3) is 0 Å². The highest BCUT2D eigenvalue weighted by molar-refractivity contribution is 5.76. The molecule has 0 spiro atoms. The Morgan fingerprint density at radius 2 is 1.90 bits per heavy atom. The van der Waals surface area contributed by atoms with Crippen LogP contribution < -0.4 is 15.4 Å². The van der Waals surface area contributed by atoms with E-state index in [4.69, 9.17) is 9.72 Å². The topological polar surface area (TPSA) is 112 Å². The number of nitrogens with zero attached hydrogens (tertiary/aromatic N) is 4. The first kappa shape index (κ1) is 27.8. The van der Waals surface area contributed by atoms with Gasteiger partial charge in [-0.15, -0.1) is 0 Å². The Labute approximate surface area is 236 Å². The average molecular weight is 545 g/mol. The fourth-order valence-electron chi connectivity index (χ4n) is 5.06. The lowest BCUT2D eigenvalue weighted by Gasteiger charge is -2.24. The molecule has 212 valence electrons. The Balaban J connectivity index is 1.12. The number of pyridine rings is 1. The second kappa shape index (κ2) is 14.1. The summed E-state index contributed by atoms with van der Waals surface area (Å²) in [7, 11) is 0. The minimum atomic E-state index is -0.901. The summed E-state index contributed by atoms with van der Waals surface area (Å²) in [5.74, 6) is 1.91. The summed E-state index contributed by atoms with van der Waals surface area (Å²) in [5, 5.41) is 16.3. The molecule has 9 heteroatoms. The Kier molecular flexibility index (Phi) is 9.79. The van der Waals surface area contributed by atoms with Crippen LogP contribution in [-0.4, -0.2) is 69.8 Å². The van der Waals surface area contributed by atoms with Gasteiger partial charge < -0.3 is 20.5 Å². The van der Waals surface area contributed by atoms with Gasteiger partial charge in [0.25, 0.3) is 0 Å². The molecule has 40 heavy (non-hydrogen) atoms. The van der Waals surface area contributed by atoms with E-state index in [0.717, 1.165) is 74.6 Å². The zero-order valence-electron chi connectivity index (χ0n) is 23.1. The molecular formula is C31H40N6O3. The van der Waals surface area contributed by atoms with Crippen LogP contribution in [0.3, 0.4) is 0 Å². The average Bonchev–Trinajstić information content (AvgIpc) is 3.83. The van der Waals surface area contributed by atoms with E-state index < -0.39 is 12.0 Å². The van der Waals surface area contributed by atoms with E-state index in [1.807, 2.05) is 42.7 Å². The second-order valence-electron chi connectivity index (χ2n) is 10.7. The largest absolute Gasteiger partial charge is 0.492 e. The second-order valence-corrected chi connectivity index (χ2v) is 10.7. The zero-order chi connectivity index (χ0) is 27.6. The number of unbranched alkanes of at least 4 members (excludes halogenated alkanes) is 1. The van der Waals surface area contributed by atoms with Gasteiger partial charge in [-0.05, 0) is 93.2 Å². The van der Waals surface area contributed by atoms with Gasteiger partial charge >= 0.3 is 5.97 Å². The summed E-state index contributed by atoms with van der Waals surface area (Å²) in [5.41, 5.74) is 3.56. The first-order valence-electron chi connectivity index (χ1n) is 14.6. The van der Waals surface area contributed by atoms with E-state index in [-0.39, 0.29) is 0 Å². The molecule has 3 heterocycles. The van der Waals surface area contributed by atoms with Gasteiger partial charge in [-0.1, -0.05) is 24.3 Å². The Morgan fingerprint density at radius 3 is 2.67 bits per heavy atom. The predicted molar refractivity (Wildman–Crippen MR) is 156 cm³/mol. The number of carboxylic acid groups (broad SMARTS) is 1. The molecule has 1 aliphatic carbocycles. The number of para-hydroxylation sites is 1. The Hall–Kier alpha value is -3.72. The standard InChI is InChI=1S/C31H40N6O3/c38-30(39)28(36-31-33-21-25(22-34-31)23-11-12-23)15-18-37(19-20-40-27-9-2-1-3-10-27)17-5-4-8-26-14-13-24-7-6-16-32-29(24)35-26/h1-3,9-10,13-14,21-23,28H,4-8,11-12,15-20H2,(H,32,35)(H,38,39)(H,33,34,36)/t28-/m0/s1. The molecule has 2 aromatic heterocycles. The Morgan fingerprint density at radius 1 is 1.07 bits per heavy atom. The van der Waals surface area contributed by atoms with E-state index >= 15 is 0 Å². The number of nitrogens with one attached hydrogen (secondary N) is 2. The van der Waals surface area contributed by atoms with Crippen molar-refractivity contribution in [2.45, 2.75) is 63.3 Å². The number of fused-ring (bicyclic) bond motifs is 1. The van der Waals surface area contributed by atoms with Crippen molar-refractivity contribution in [3.05, 3.63) is 71.7 Å². The van der Waals surface area contributed by atoms with Gasteiger partial charge in [0.2, 0.25) is 5.95 Å².